The number of nitrogens with one attached hydrogen (secondary N) is 1. The van der Waals surface area contributed by atoms with Gasteiger partial charge in [0.2, 0.25) is 0 Å². The lowest BCUT2D eigenvalue weighted by atomic mass is 10.1. The number of hydrogen-bond donors (Lipinski definition) is 1. The van der Waals surface area contributed by atoms with Crippen LogP contribution in [0.15, 0.2) is 72.9 Å². The maximum Gasteiger partial charge on any atom is 0.131 e. The SMILES string of the molecule is C[C@@H]1CCCN1Cc1ccnc(Nc2cc3ccc(-c4ccccc4)cc3s2)c1. The van der Waals surface area contributed by atoms with E-state index in [1.807, 2.05) is 6.20 Å². The Morgan fingerprint density at radius 3 is 2.76 bits per heavy atom. The van der Waals surface area contributed by atoms with Crippen molar-refractivity contribution in [2.75, 3.05) is 11.9 Å². The van der Waals surface area contributed by atoms with Crippen molar-refractivity contribution >= 4 is 32.2 Å². The fraction of sp³-hybridized carbons (Fsp3) is 0.240. The molecule has 0 bridgehead atoms. The van der Waals surface area contributed by atoms with Gasteiger partial charge in [-0.15, -0.1) is 11.3 Å². The van der Waals surface area contributed by atoms with Gasteiger partial charge in [-0.1, -0.05) is 42.5 Å². The van der Waals surface area contributed by atoms with E-state index < -0.39 is 0 Å². The minimum Gasteiger partial charge on any atom is -0.332 e. The first kappa shape index (κ1) is 18.3. The summed E-state index contributed by atoms with van der Waals surface area (Å²) in [5.41, 5.74) is 3.83. The molecule has 1 aliphatic rings. The van der Waals surface area contributed by atoms with Crippen LogP contribution in [-0.2, 0) is 6.54 Å². The highest BCUT2D eigenvalue weighted by atomic mass is 32.1. The maximum absolute atomic E-state index is 4.54. The van der Waals surface area contributed by atoms with Gasteiger partial charge in [0, 0.05) is 23.5 Å². The van der Waals surface area contributed by atoms with Crippen LogP contribution in [0, 0.1) is 0 Å². The molecule has 3 nitrogen and oxygen atoms in total. The predicted octanol–water partition coefficient (Wildman–Crippen LogP) is 6.69. The van der Waals surface area contributed by atoms with E-state index in [4.69, 9.17) is 0 Å². The Morgan fingerprint density at radius 2 is 1.93 bits per heavy atom. The first-order valence-electron chi connectivity index (χ1n) is 10.3. The average Bonchev–Trinajstić information content (AvgIpc) is 3.33. The van der Waals surface area contributed by atoms with Gasteiger partial charge < -0.3 is 5.32 Å². The van der Waals surface area contributed by atoms with Crippen LogP contribution in [0.4, 0.5) is 10.8 Å². The highest BCUT2D eigenvalue weighted by molar-refractivity contribution is 7.22. The topological polar surface area (TPSA) is 28.2 Å². The lowest BCUT2D eigenvalue weighted by molar-refractivity contribution is 0.260. The molecule has 1 atom stereocenters. The number of pyridine rings is 1. The second kappa shape index (κ2) is 7.97. The molecular weight excluding hydrogens is 374 g/mol. The van der Waals surface area contributed by atoms with E-state index in [-0.39, 0.29) is 0 Å². The van der Waals surface area contributed by atoms with E-state index in [1.54, 1.807) is 11.3 Å². The van der Waals surface area contributed by atoms with Crippen molar-refractivity contribution in [2.45, 2.75) is 32.4 Å². The van der Waals surface area contributed by atoms with Crippen LogP contribution < -0.4 is 5.32 Å². The lowest BCUT2D eigenvalue weighted by Gasteiger charge is -2.21. The minimum atomic E-state index is 0.681. The number of anilines is 2. The molecule has 0 amide bonds. The predicted molar refractivity (Wildman–Crippen MR) is 124 cm³/mol. The van der Waals surface area contributed by atoms with Gasteiger partial charge in [0.05, 0.1) is 5.00 Å². The van der Waals surface area contributed by atoms with Crippen LogP contribution in [0.3, 0.4) is 0 Å². The van der Waals surface area contributed by atoms with Crippen LogP contribution in [0.5, 0.6) is 0 Å². The summed E-state index contributed by atoms with van der Waals surface area (Å²) < 4.78 is 1.29. The highest BCUT2D eigenvalue weighted by Crippen LogP contribution is 2.34. The number of likely N-dealkylation sites (tertiary alicyclic amines) is 1. The van der Waals surface area contributed by atoms with Crippen molar-refractivity contribution in [1.82, 2.24) is 9.88 Å². The first-order chi connectivity index (χ1) is 14.2. The molecule has 1 N–H and O–H groups in total. The molecule has 2 aromatic heterocycles. The van der Waals surface area contributed by atoms with E-state index in [2.05, 4.69) is 88.9 Å². The van der Waals surface area contributed by atoms with Crippen LogP contribution in [0.25, 0.3) is 21.2 Å². The van der Waals surface area contributed by atoms with Gasteiger partial charge >= 0.3 is 0 Å². The molecule has 3 heterocycles. The lowest BCUT2D eigenvalue weighted by Crippen LogP contribution is -2.26. The third-order valence-electron chi connectivity index (χ3n) is 5.78. The molecule has 1 fully saturated rings. The number of rotatable bonds is 5. The van der Waals surface area contributed by atoms with E-state index in [0.717, 1.165) is 17.4 Å². The summed E-state index contributed by atoms with van der Waals surface area (Å²) in [5, 5.41) is 5.91. The summed E-state index contributed by atoms with van der Waals surface area (Å²) in [6.45, 7) is 4.53. The smallest absolute Gasteiger partial charge is 0.131 e. The van der Waals surface area contributed by atoms with Gasteiger partial charge in [-0.3, -0.25) is 4.90 Å². The van der Waals surface area contributed by atoms with Crippen molar-refractivity contribution in [2.24, 2.45) is 0 Å². The quantitative estimate of drug-likeness (QED) is 0.405. The van der Waals surface area contributed by atoms with Gasteiger partial charge in [0.1, 0.15) is 5.82 Å². The van der Waals surface area contributed by atoms with Crippen molar-refractivity contribution in [1.29, 1.82) is 0 Å². The fourth-order valence-electron chi connectivity index (χ4n) is 4.13. The molecule has 0 spiro atoms. The van der Waals surface area contributed by atoms with Crippen molar-refractivity contribution in [3.8, 4) is 11.1 Å². The molecule has 1 aliphatic heterocycles. The Hall–Kier alpha value is -2.69. The largest absolute Gasteiger partial charge is 0.332 e. The molecule has 0 unspecified atom stereocenters. The second-order valence-corrected chi connectivity index (χ2v) is 8.95. The molecule has 1 saturated heterocycles. The van der Waals surface area contributed by atoms with Crippen LogP contribution in [0.1, 0.15) is 25.3 Å². The second-order valence-electron chi connectivity index (χ2n) is 7.87. The van der Waals surface area contributed by atoms with Gasteiger partial charge in [0.25, 0.3) is 0 Å². The summed E-state index contributed by atoms with van der Waals surface area (Å²) in [6, 6.07) is 24.4. The molecular formula is C25H25N3S. The molecule has 0 radical (unpaired) electrons. The summed E-state index contributed by atoms with van der Waals surface area (Å²) in [5.74, 6) is 0.921. The molecule has 5 rings (SSSR count). The summed E-state index contributed by atoms with van der Waals surface area (Å²) in [4.78, 5) is 7.10. The Bertz CT molecular complexity index is 1120. The third-order valence-corrected chi connectivity index (χ3v) is 6.79. The zero-order chi connectivity index (χ0) is 19.6. The van der Waals surface area contributed by atoms with Gasteiger partial charge in [0.15, 0.2) is 0 Å². The van der Waals surface area contributed by atoms with Crippen molar-refractivity contribution < 1.29 is 0 Å². The summed E-state index contributed by atoms with van der Waals surface area (Å²) >= 11 is 1.78. The molecule has 29 heavy (non-hydrogen) atoms. The number of fused-ring (bicyclic) bond motifs is 1. The molecule has 4 aromatic rings. The third kappa shape index (κ3) is 4.04. The van der Waals surface area contributed by atoms with Crippen LogP contribution in [-0.4, -0.2) is 22.5 Å². The number of nitrogens with zero attached hydrogens (tertiary/aromatic N) is 2. The van der Waals surface area contributed by atoms with Gasteiger partial charge in [-0.05, 0) is 72.7 Å². The summed E-state index contributed by atoms with van der Waals surface area (Å²) in [6.07, 6.45) is 4.53. The van der Waals surface area contributed by atoms with Gasteiger partial charge in [-0.25, -0.2) is 4.98 Å². The Balaban J connectivity index is 1.35. The van der Waals surface area contributed by atoms with Crippen molar-refractivity contribution in [3.05, 3.63) is 78.5 Å². The van der Waals surface area contributed by atoms with Crippen LogP contribution in [0.2, 0.25) is 0 Å². The minimum absolute atomic E-state index is 0.681. The zero-order valence-corrected chi connectivity index (χ0v) is 17.5. The highest BCUT2D eigenvalue weighted by Gasteiger charge is 2.20. The monoisotopic (exact) mass is 399 g/mol. The molecule has 0 saturated carbocycles. The number of thiophene rings is 1. The van der Waals surface area contributed by atoms with E-state index >= 15 is 0 Å². The van der Waals surface area contributed by atoms with E-state index in [1.165, 1.54) is 46.2 Å². The zero-order valence-electron chi connectivity index (χ0n) is 16.6. The molecule has 2 aromatic carbocycles. The van der Waals surface area contributed by atoms with Crippen LogP contribution >= 0.6 is 11.3 Å². The van der Waals surface area contributed by atoms with E-state index in [0.29, 0.717) is 6.04 Å². The van der Waals surface area contributed by atoms with Crippen molar-refractivity contribution in [3.63, 3.8) is 0 Å². The molecule has 0 aliphatic carbocycles. The first-order valence-corrected chi connectivity index (χ1v) is 11.1. The fourth-order valence-corrected chi connectivity index (χ4v) is 5.14. The van der Waals surface area contributed by atoms with E-state index in [9.17, 15) is 0 Å². The molecule has 146 valence electrons. The number of aromatic nitrogens is 1. The standard InChI is InChI=1S/C25H25N3S/c1-18-6-5-13-28(18)17-19-11-12-26-24(14-19)27-25-16-22-10-9-21(15-23(22)29-25)20-7-3-2-4-8-20/h2-4,7-12,14-16,18H,5-6,13,17H2,1H3,(H,26,27)/t18-/m1/s1. The van der Waals surface area contributed by atoms with Gasteiger partial charge in [-0.2, -0.15) is 0 Å². The Kier molecular flexibility index (Phi) is 5.04. The normalized spacial score (nSPS) is 17.1. The maximum atomic E-state index is 4.54. The summed E-state index contributed by atoms with van der Waals surface area (Å²) in [7, 11) is 0. The number of hydrogen-bond acceptors (Lipinski definition) is 4. The Morgan fingerprint density at radius 1 is 1.03 bits per heavy atom. The molecule has 4 heteroatoms. The average molecular weight is 400 g/mol. The number of benzene rings is 2. The Labute approximate surface area is 176 Å².